The molecular formula is C18H14F2O3. The number of allylic oxidation sites excluding steroid dienone is 2. The fraction of sp³-hybridized carbons (Fsp3) is 0.0556. The summed E-state index contributed by atoms with van der Waals surface area (Å²) < 4.78 is 31.4. The fourth-order valence-electron chi connectivity index (χ4n) is 1.85. The minimum Gasteiger partial charge on any atom is -0.504 e. The van der Waals surface area contributed by atoms with Crippen LogP contribution in [0.15, 0.2) is 48.6 Å². The highest BCUT2D eigenvalue weighted by Crippen LogP contribution is 2.26. The highest BCUT2D eigenvalue weighted by molar-refractivity contribution is 6.04. The van der Waals surface area contributed by atoms with E-state index < -0.39 is 11.6 Å². The van der Waals surface area contributed by atoms with E-state index in [1.54, 1.807) is 12.1 Å². The Morgan fingerprint density at radius 1 is 1.09 bits per heavy atom. The van der Waals surface area contributed by atoms with Crippen molar-refractivity contribution in [3.63, 3.8) is 0 Å². The molecule has 0 saturated heterocycles. The summed E-state index contributed by atoms with van der Waals surface area (Å²) in [4.78, 5) is 11.7. The zero-order chi connectivity index (χ0) is 16.8. The monoisotopic (exact) mass is 316 g/mol. The van der Waals surface area contributed by atoms with Crippen molar-refractivity contribution in [1.82, 2.24) is 0 Å². The number of aromatic hydroxyl groups is 1. The predicted octanol–water partition coefficient (Wildman–Crippen LogP) is 3.97. The first-order chi connectivity index (χ1) is 11.0. The van der Waals surface area contributed by atoms with Crippen LogP contribution in [0, 0.1) is 11.6 Å². The van der Waals surface area contributed by atoms with Crippen molar-refractivity contribution in [3.05, 3.63) is 71.3 Å². The first kappa shape index (κ1) is 16.4. The number of carbonyl (C=O) groups is 1. The zero-order valence-corrected chi connectivity index (χ0v) is 12.3. The van der Waals surface area contributed by atoms with Gasteiger partial charge in [0.25, 0.3) is 0 Å². The summed E-state index contributed by atoms with van der Waals surface area (Å²) in [6.45, 7) is 0. The SMILES string of the molecule is COc1cc(/C=C/C(=O)/C=C/c2cc(F)ccc2F)ccc1O. The van der Waals surface area contributed by atoms with Crippen LogP contribution >= 0.6 is 0 Å². The first-order valence-corrected chi connectivity index (χ1v) is 6.72. The molecular weight excluding hydrogens is 302 g/mol. The van der Waals surface area contributed by atoms with E-state index in [4.69, 9.17) is 4.74 Å². The van der Waals surface area contributed by atoms with Gasteiger partial charge in [0.2, 0.25) is 0 Å². The quantitative estimate of drug-likeness (QED) is 0.849. The van der Waals surface area contributed by atoms with Crippen LogP contribution < -0.4 is 4.74 Å². The normalized spacial score (nSPS) is 11.3. The summed E-state index contributed by atoms with van der Waals surface area (Å²) >= 11 is 0. The highest BCUT2D eigenvalue weighted by atomic mass is 19.1. The minimum absolute atomic E-state index is 0.00180. The fourth-order valence-corrected chi connectivity index (χ4v) is 1.85. The number of phenolic OH excluding ortho intramolecular Hbond substituents is 1. The smallest absolute Gasteiger partial charge is 0.178 e. The number of benzene rings is 2. The van der Waals surface area contributed by atoms with Gasteiger partial charge in [-0.2, -0.15) is 0 Å². The van der Waals surface area contributed by atoms with Gasteiger partial charge in [0, 0.05) is 5.56 Å². The molecule has 0 saturated carbocycles. The molecule has 1 N–H and O–H groups in total. The number of hydrogen-bond donors (Lipinski definition) is 1. The first-order valence-electron chi connectivity index (χ1n) is 6.72. The van der Waals surface area contributed by atoms with Crippen LogP contribution in [0.5, 0.6) is 11.5 Å². The van der Waals surface area contributed by atoms with Gasteiger partial charge in [-0.05, 0) is 54.1 Å². The second-order valence-electron chi connectivity index (χ2n) is 4.67. The average molecular weight is 316 g/mol. The number of methoxy groups -OCH3 is 1. The van der Waals surface area contributed by atoms with Crippen LogP contribution in [-0.2, 0) is 4.79 Å². The number of ether oxygens (including phenoxy) is 1. The molecule has 2 rings (SSSR count). The minimum atomic E-state index is -0.609. The molecule has 2 aromatic carbocycles. The molecule has 0 spiro atoms. The third kappa shape index (κ3) is 4.51. The van der Waals surface area contributed by atoms with Crippen molar-refractivity contribution in [2.75, 3.05) is 7.11 Å². The predicted molar refractivity (Wildman–Crippen MR) is 84.1 cm³/mol. The van der Waals surface area contributed by atoms with Crippen LogP contribution in [0.25, 0.3) is 12.2 Å². The van der Waals surface area contributed by atoms with Gasteiger partial charge in [0.15, 0.2) is 17.3 Å². The van der Waals surface area contributed by atoms with E-state index in [0.29, 0.717) is 5.56 Å². The highest BCUT2D eigenvalue weighted by Gasteiger charge is 2.02. The lowest BCUT2D eigenvalue weighted by Gasteiger charge is -2.03. The van der Waals surface area contributed by atoms with Crippen LogP contribution in [0.4, 0.5) is 8.78 Å². The van der Waals surface area contributed by atoms with Crippen LogP contribution in [0.2, 0.25) is 0 Å². The molecule has 118 valence electrons. The molecule has 5 heteroatoms. The molecule has 0 aliphatic carbocycles. The molecule has 0 aliphatic heterocycles. The van der Waals surface area contributed by atoms with Crippen molar-refractivity contribution in [1.29, 1.82) is 0 Å². The number of rotatable bonds is 5. The number of phenols is 1. The summed E-state index contributed by atoms with van der Waals surface area (Å²) in [6, 6.07) is 7.63. The number of carbonyl (C=O) groups excluding carboxylic acids is 1. The molecule has 0 aromatic heterocycles. The molecule has 0 atom stereocenters. The maximum Gasteiger partial charge on any atom is 0.178 e. The summed E-state index contributed by atoms with van der Waals surface area (Å²) in [7, 11) is 1.42. The second-order valence-corrected chi connectivity index (χ2v) is 4.67. The summed E-state index contributed by atoms with van der Waals surface area (Å²) in [5, 5.41) is 9.48. The third-order valence-electron chi connectivity index (χ3n) is 3.03. The molecule has 0 bridgehead atoms. The summed E-state index contributed by atoms with van der Waals surface area (Å²) in [6.07, 6.45) is 5.16. The van der Waals surface area contributed by atoms with Gasteiger partial charge in [0.05, 0.1) is 7.11 Å². The Labute approximate surface area is 132 Å². The van der Waals surface area contributed by atoms with Crippen molar-refractivity contribution in [2.45, 2.75) is 0 Å². The van der Waals surface area contributed by atoms with Crippen LogP contribution in [0.1, 0.15) is 11.1 Å². The van der Waals surface area contributed by atoms with Crippen molar-refractivity contribution in [3.8, 4) is 11.5 Å². The molecule has 0 amide bonds. The van der Waals surface area contributed by atoms with Gasteiger partial charge < -0.3 is 9.84 Å². The molecule has 0 radical (unpaired) electrons. The van der Waals surface area contributed by atoms with E-state index in [2.05, 4.69) is 0 Å². The average Bonchev–Trinajstić information content (AvgIpc) is 2.54. The lowest BCUT2D eigenvalue weighted by molar-refractivity contribution is -0.110. The maximum absolute atomic E-state index is 13.4. The molecule has 23 heavy (non-hydrogen) atoms. The Morgan fingerprint density at radius 2 is 1.83 bits per heavy atom. The van der Waals surface area contributed by atoms with Gasteiger partial charge >= 0.3 is 0 Å². The van der Waals surface area contributed by atoms with E-state index in [9.17, 15) is 18.7 Å². The number of halogens is 2. The van der Waals surface area contributed by atoms with E-state index in [1.807, 2.05) is 0 Å². The van der Waals surface area contributed by atoms with E-state index >= 15 is 0 Å². The van der Waals surface area contributed by atoms with Crippen LogP contribution in [-0.4, -0.2) is 18.0 Å². The van der Waals surface area contributed by atoms with Crippen LogP contribution in [0.3, 0.4) is 0 Å². The number of hydrogen-bond acceptors (Lipinski definition) is 3. The van der Waals surface area contributed by atoms with Gasteiger partial charge in [0.1, 0.15) is 11.6 Å². The molecule has 0 aliphatic rings. The summed E-state index contributed by atoms with van der Waals surface area (Å²) in [5.41, 5.74) is 0.649. The van der Waals surface area contributed by atoms with Gasteiger partial charge in [-0.1, -0.05) is 12.1 Å². The summed E-state index contributed by atoms with van der Waals surface area (Å²) in [5.74, 6) is -1.29. The van der Waals surface area contributed by atoms with Crippen molar-refractivity contribution >= 4 is 17.9 Å². The lowest BCUT2D eigenvalue weighted by Crippen LogP contribution is -1.88. The lowest BCUT2D eigenvalue weighted by atomic mass is 10.1. The van der Waals surface area contributed by atoms with Gasteiger partial charge in [-0.15, -0.1) is 0 Å². The molecule has 0 fully saturated rings. The maximum atomic E-state index is 13.4. The van der Waals surface area contributed by atoms with Crippen molar-refractivity contribution < 1.29 is 23.4 Å². The second kappa shape index (κ2) is 7.35. The Hall–Kier alpha value is -2.95. The third-order valence-corrected chi connectivity index (χ3v) is 3.03. The zero-order valence-electron chi connectivity index (χ0n) is 12.3. The topological polar surface area (TPSA) is 46.5 Å². The Balaban J connectivity index is 2.09. The van der Waals surface area contributed by atoms with Crippen molar-refractivity contribution in [2.24, 2.45) is 0 Å². The van der Waals surface area contributed by atoms with Gasteiger partial charge in [-0.3, -0.25) is 4.79 Å². The molecule has 2 aromatic rings. The van der Waals surface area contributed by atoms with E-state index in [1.165, 1.54) is 31.4 Å². The standard InChI is InChI=1S/C18H14F2O3/c1-23-18-10-12(3-9-17(18)22)2-6-15(21)7-4-13-11-14(19)5-8-16(13)20/h2-11,22H,1H3/b6-2+,7-4+. The molecule has 0 heterocycles. The molecule has 0 unspecified atom stereocenters. The Morgan fingerprint density at radius 3 is 2.57 bits per heavy atom. The molecule has 3 nitrogen and oxygen atoms in total. The Bertz CT molecular complexity index is 780. The largest absolute Gasteiger partial charge is 0.504 e. The van der Waals surface area contributed by atoms with E-state index in [-0.39, 0.29) is 22.8 Å². The van der Waals surface area contributed by atoms with E-state index in [0.717, 1.165) is 24.3 Å². The number of ketones is 1. The van der Waals surface area contributed by atoms with Gasteiger partial charge in [-0.25, -0.2) is 8.78 Å². The Kier molecular flexibility index (Phi) is 5.25.